The maximum atomic E-state index is 13.0. The van der Waals surface area contributed by atoms with Gasteiger partial charge in [-0.25, -0.2) is 4.39 Å². The van der Waals surface area contributed by atoms with Gasteiger partial charge in [0, 0.05) is 31.7 Å². The third-order valence-electron chi connectivity index (χ3n) is 3.08. The lowest BCUT2D eigenvalue weighted by molar-refractivity contribution is -0.136. The molecule has 6 heteroatoms. The molecule has 1 aromatic rings. The zero-order chi connectivity index (χ0) is 13.8. The van der Waals surface area contributed by atoms with Crippen LogP contribution >= 0.6 is 11.6 Å². The normalized spacial score (nSPS) is 19.3. The van der Waals surface area contributed by atoms with Crippen LogP contribution in [0.15, 0.2) is 18.2 Å². The molecule has 1 heterocycles. The maximum absolute atomic E-state index is 13.0. The molecule has 0 spiro atoms. The summed E-state index contributed by atoms with van der Waals surface area (Å²) in [4.78, 5) is 13.8. The number of nitrogens with one attached hydrogen (secondary N) is 1. The molecular formula is C13H16ClFN2O2. The summed E-state index contributed by atoms with van der Waals surface area (Å²) in [5, 5.41) is 3.20. The van der Waals surface area contributed by atoms with E-state index in [9.17, 15) is 9.18 Å². The van der Waals surface area contributed by atoms with Gasteiger partial charge in [0.05, 0.1) is 5.02 Å². The Morgan fingerprint density at radius 1 is 1.63 bits per heavy atom. The Labute approximate surface area is 116 Å². The minimum Gasteiger partial charge on any atom is -0.484 e. The van der Waals surface area contributed by atoms with Gasteiger partial charge in [0.2, 0.25) is 0 Å². The predicted molar refractivity (Wildman–Crippen MR) is 70.9 cm³/mol. The second kappa shape index (κ2) is 6.21. The lowest BCUT2D eigenvalue weighted by Gasteiger charge is -2.33. The molecule has 104 valence electrons. The van der Waals surface area contributed by atoms with Crippen LogP contribution in [0.25, 0.3) is 0 Å². The molecule has 1 aliphatic heterocycles. The van der Waals surface area contributed by atoms with Crippen molar-refractivity contribution in [3.63, 3.8) is 0 Å². The van der Waals surface area contributed by atoms with Gasteiger partial charge in [-0.3, -0.25) is 4.79 Å². The third kappa shape index (κ3) is 3.58. The van der Waals surface area contributed by atoms with Gasteiger partial charge in [-0.05, 0) is 19.1 Å². The molecule has 0 radical (unpaired) electrons. The van der Waals surface area contributed by atoms with Crippen molar-refractivity contribution in [3.05, 3.63) is 29.0 Å². The van der Waals surface area contributed by atoms with E-state index in [2.05, 4.69) is 5.32 Å². The number of amides is 1. The van der Waals surface area contributed by atoms with Gasteiger partial charge in [0.15, 0.2) is 6.61 Å². The molecule has 0 saturated carbocycles. The van der Waals surface area contributed by atoms with Crippen LogP contribution in [0.3, 0.4) is 0 Å². The summed E-state index contributed by atoms with van der Waals surface area (Å²) in [6.45, 7) is 4.17. The summed E-state index contributed by atoms with van der Waals surface area (Å²) in [6.07, 6.45) is 0. The average molecular weight is 287 g/mol. The monoisotopic (exact) mass is 286 g/mol. The Morgan fingerprint density at radius 2 is 2.42 bits per heavy atom. The molecule has 1 fully saturated rings. The van der Waals surface area contributed by atoms with Gasteiger partial charge < -0.3 is 15.0 Å². The highest BCUT2D eigenvalue weighted by Gasteiger charge is 2.23. The van der Waals surface area contributed by atoms with Crippen LogP contribution in [0.5, 0.6) is 5.75 Å². The first-order valence-corrected chi connectivity index (χ1v) is 6.54. The number of benzene rings is 1. The van der Waals surface area contributed by atoms with E-state index in [1.807, 2.05) is 6.92 Å². The van der Waals surface area contributed by atoms with Crippen LogP contribution in [-0.4, -0.2) is 43.1 Å². The van der Waals surface area contributed by atoms with Crippen LogP contribution in [-0.2, 0) is 4.79 Å². The summed E-state index contributed by atoms with van der Waals surface area (Å²) in [5.41, 5.74) is 0. The van der Waals surface area contributed by atoms with Crippen molar-refractivity contribution in [2.45, 2.75) is 13.0 Å². The highest BCUT2D eigenvalue weighted by Crippen LogP contribution is 2.21. The van der Waals surface area contributed by atoms with Crippen molar-refractivity contribution < 1.29 is 13.9 Å². The number of halogens is 2. The van der Waals surface area contributed by atoms with E-state index in [0.29, 0.717) is 12.3 Å². The standard InChI is InChI=1S/C13H16ClFN2O2/c1-9-7-16-4-5-17(9)13(18)8-19-10-2-3-12(15)11(14)6-10/h2-3,6,9,16H,4-5,7-8H2,1H3/t9-/m1/s1. The Balaban J connectivity index is 1.90. The van der Waals surface area contributed by atoms with E-state index in [4.69, 9.17) is 16.3 Å². The molecular weight excluding hydrogens is 271 g/mol. The molecule has 0 unspecified atom stereocenters. The van der Waals surface area contributed by atoms with Gasteiger partial charge in [-0.1, -0.05) is 11.6 Å². The van der Waals surface area contributed by atoms with Gasteiger partial charge in [0.25, 0.3) is 5.91 Å². The third-order valence-corrected chi connectivity index (χ3v) is 3.36. The van der Waals surface area contributed by atoms with Crippen LogP contribution in [0.4, 0.5) is 4.39 Å². The van der Waals surface area contributed by atoms with E-state index in [0.717, 1.165) is 13.1 Å². The molecule has 19 heavy (non-hydrogen) atoms. The number of piperazine rings is 1. The first kappa shape index (κ1) is 14.1. The van der Waals surface area contributed by atoms with Gasteiger partial charge in [0.1, 0.15) is 11.6 Å². The molecule has 1 aromatic carbocycles. The fourth-order valence-corrected chi connectivity index (χ4v) is 2.18. The zero-order valence-electron chi connectivity index (χ0n) is 10.7. The van der Waals surface area contributed by atoms with Crippen LogP contribution in [0.2, 0.25) is 5.02 Å². The summed E-state index contributed by atoms with van der Waals surface area (Å²) < 4.78 is 18.3. The van der Waals surface area contributed by atoms with E-state index >= 15 is 0 Å². The summed E-state index contributed by atoms with van der Waals surface area (Å²) in [7, 11) is 0. The average Bonchev–Trinajstić information content (AvgIpc) is 2.40. The number of ether oxygens (including phenoxy) is 1. The van der Waals surface area contributed by atoms with Crippen molar-refractivity contribution >= 4 is 17.5 Å². The Kier molecular flexibility index (Phi) is 4.61. The first-order valence-electron chi connectivity index (χ1n) is 6.16. The van der Waals surface area contributed by atoms with E-state index in [1.165, 1.54) is 18.2 Å². The lowest BCUT2D eigenvalue weighted by atomic mass is 10.2. The molecule has 1 atom stereocenters. The number of hydrogen-bond donors (Lipinski definition) is 1. The fraction of sp³-hybridized carbons (Fsp3) is 0.462. The molecule has 2 rings (SSSR count). The lowest BCUT2D eigenvalue weighted by Crippen LogP contribution is -2.53. The van der Waals surface area contributed by atoms with Crippen LogP contribution in [0.1, 0.15) is 6.92 Å². The predicted octanol–water partition coefficient (Wildman–Crippen LogP) is 1.68. The first-order chi connectivity index (χ1) is 9.08. The van der Waals surface area contributed by atoms with Crippen molar-refractivity contribution in [1.29, 1.82) is 0 Å². The SMILES string of the molecule is C[C@@H]1CNCCN1C(=O)COc1ccc(F)c(Cl)c1. The number of carbonyl (C=O) groups excluding carboxylic acids is 1. The van der Waals surface area contributed by atoms with Gasteiger partial charge in [-0.2, -0.15) is 0 Å². The quantitative estimate of drug-likeness (QED) is 0.919. The van der Waals surface area contributed by atoms with Crippen LogP contribution < -0.4 is 10.1 Å². The van der Waals surface area contributed by atoms with Crippen molar-refractivity contribution in [2.75, 3.05) is 26.2 Å². The molecule has 1 aliphatic rings. The number of rotatable bonds is 3. The molecule has 0 aliphatic carbocycles. The topological polar surface area (TPSA) is 41.6 Å². The minimum atomic E-state index is -0.504. The van der Waals surface area contributed by atoms with Crippen molar-refractivity contribution in [1.82, 2.24) is 10.2 Å². The smallest absolute Gasteiger partial charge is 0.260 e. The summed E-state index contributed by atoms with van der Waals surface area (Å²) >= 11 is 5.64. The second-order valence-corrected chi connectivity index (χ2v) is 4.91. The largest absolute Gasteiger partial charge is 0.484 e. The fourth-order valence-electron chi connectivity index (χ4n) is 2.01. The summed E-state index contributed by atoms with van der Waals surface area (Å²) in [5.74, 6) is -0.187. The van der Waals surface area contributed by atoms with E-state index < -0.39 is 5.82 Å². The maximum Gasteiger partial charge on any atom is 0.260 e. The highest BCUT2D eigenvalue weighted by molar-refractivity contribution is 6.30. The molecule has 4 nitrogen and oxygen atoms in total. The van der Waals surface area contributed by atoms with Gasteiger partial charge in [-0.15, -0.1) is 0 Å². The molecule has 0 bridgehead atoms. The Bertz CT molecular complexity index is 470. The number of hydrogen-bond acceptors (Lipinski definition) is 3. The molecule has 1 amide bonds. The Hall–Kier alpha value is -1.33. The number of carbonyl (C=O) groups is 1. The number of nitrogens with zero attached hydrogens (tertiary/aromatic N) is 1. The minimum absolute atomic E-state index is 0.0134. The second-order valence-electron chi connectivity index (χ2n) is 4.50. The van der Waals surface area contributed by atoms with Gasteiger partial charge >= 0.3 is 0 Å². The van der Waals surface area contributed by atoms with Crippen molar-refractivity contribution in [3.8, 4) is 5.75 Å². The highest BCUT2D eigenvalue weighted by atomic mass is 35.5. The van der Waals surface area contributed by atoms with Crippen LogP contribution in [0, 0.1) is 5.82 Å². The molecule has 1 N–H and O–H groups in total. The van der Waals surface area contributed by atoms with Crippen molar-refractivity contribution in [2.24, 2.45) is 0 Å². The zero-order valence-corrected chi connectivity index (χ0v) is 11.4. The van der Waals surface area contributed by atoms with E-state index in [1.54, 1.807) is 4.90 Å². The van der Waals surface area contributed by atoms with E-state index in [-0.39, 0.29) is 23.6 Å². The molecule has 0 aromatic heterocycles. The summed E-state index contributed by atoms with van der Waals surface area (Å²) in [6, 6.07) is 4.19. The Morgan fingerprint density at radius 3 is 3.11 bits per heavy atom. The molecule has 1 saturated heterocycles.